The quantitative estimate of drug-likeness (QED) is 0.443. The highest BCUT2D eigenvalue weighted by Gasteiger charge is 2.10. The molecule has 0 heterocycles. The average molecular weight is 167 g/mol. The van der Waals surface area contributed by atoms with E-state index in [9.17, 15) is 0 Å². The van der Waals surface area contributed by atoms with Gasteiger partial charge in [0.2, 0.25) is 0 Å². The largest absolute Gasteiger partial charge is 0.120 e. The van der Waals surface area contributed by atoms with Gasteiger partial charge in [0.1, 0.15) is 0 Å². The van der Waals surface area contributed by atoms with Crippen LogP contribution in [-0.4, -0.2) is 15.8 Å². The van der Waals surface area contributed by atoms with Gasteiger partial charge in [-0.15, -0.1) is 11.6 Å². The van der Waals surface area contributed by atoms with Crippen LogP contribution in [0.4, 0.5) is 0 Å². The summed E-state index contributed by atoms with van der Waals surface area (Å²) in [6.07, 6.45) is 3.62. The van der Waals surface area contributed by atoms with Gasteiger partial charge >= 0.3 is 0 Å². The van der Waals surface area contributed by atoms with Crippen molar-refractivity contribution in [3.63, 3.8) is 0 Å². The van der Waals surface area contributed by atoms with Crippen LogP contribution in [0.5, 0.6) is 0 Å². The third-order valence-corrected chi connectivity index (χ3v) is 1.31. The van der Waals surface area contributed by atoms with Gasteiger partial charge in [-0.05, 0) is 31.2 Å². The molecule has 0 nitrogen and oxygen atoms in total. The zero-order valence-electron chi connectivity index (χ0n) is 6.00. The number of hydrogen-bond donors (Lipinski definition) is 0. The van der Waals surface area contributed by atoms with Crippen molar-refractivity contribution in [3.8, 4) is 0 Å². The number of rotatable bonds is 3. The average Bonchev–Trinajstić information content (AvgIpc) is 1.59. The first kappa shape index (κ1) is 12.2. The van der Waals surface area contributed by atoms with E-state index < -0.39 is 0 Å². The van der Waals surface area contributed by atoms with E-state index >= 15 is 0 Å². The topological polar surface area (TPSA) is 0 Å². The van der Waals surface area contributed by atoms with Crippen molar-refractivity contribution in [2.24, 2.45) is 0 Å². The predicted molar refractivity (Wildman–Crippen MR) is 50.8 cm³/mol. The van der Waals surface area contributed by atoms with Crippen LogP contribution in [-0.2, 0) is 0 Å². The highest BCUT2D eigenvalue weighted by atomic mass is 35.5. The van der Waals surface area contributed by atoms with E-state index in [1.54, 1.807) is 0 Å². The number of unbranched alkanes of at least 4 members (excludes halogenated alkanes) is 1. The maximum absolute atomic E-state index is 5.91. The zero-order valence-corrected chi connectivity index (χ0v) is 6.76. The molecule has 0 aliphatic rings. The van der Waals surface area contributed by atoms with E-state index in [2.05, 4.69) is 20.8 Å². The van der Waals surface area contributed by atoms with Crippen LogP contribution in [0.1, 0.15) is 40.0 Å². The van der Waals surface area contributed by atoms with Crippen molar-refractivity contribution in [2.75, 3.05) is 0 Å². The third-order valence-electron chi connectivity index (χ3n) is 1.12. The van der Waals surface area contributed by atoms with Gasteiger partial charge in [-0.1, -0.05) is 19.8 Å². The molecular weight excluding hydrogens is 148 g/mol. The van der Waals surface area contributed by atoms with Crippen molar-refractivity contribution in [2.45, 2.75) is 44.9 Å². The molecule has 0 aromatic rings. The fraction of sp³-hybridized carbons (Fsp3) is 1.00. The van der Waals surface area contributed by atoms with Crippen molar-refractivity contribution in [1.29, 1.82) is 0 Å². The van der Waals surface area contributed by atoms with Crippen LogP contribution in [0.15, 0.2) is 0 Å². The Morgan fingerprint density at radius 2 is 1.78 bits per heavy atom. The molecule has 0 atom stereocenters. The minimum Gasteiger partial charge on any atom is -0.120 e. The zero-order chi connectivity index (χ0) is 6.62. The molecule has 0 aromatic carbocycles. The lowest BCUT2D eigenvalue weighted by molar-refractivity contribution is 0.584. The Kier molecular flexibility index (Phi) is 7.19. The van der Waals surface area contributed by atoms with Crippen molar-refractivity contribution in [1.82, 2.24) is 0 Å². The SMILES string of the molecule is CCCCC(C)(C)Cl.[SiH4]. The van der Waals surface area contributed by atoms with E-state index in [1.165, 1.54) is 12.8 Å². The molecule has 9 heavy (non-hydrogen) atoms. The third kappa shape index (κ3) is 11.9. The standard InChI is InChI=1S/C7H15Cl.H4Si/c1-4-5-6-7(2,3)8;/h4-6H2,1-3H3;1H4. The molecule has 0 saturated carbocycles. The van der Waals surface area contributed by atoms with Gasteiger partial charge in [-0.2, -0.15) is 0 Å². The molecule has 0 fully saturated rings. The van der Waals surface area contributed by atoms with Gasteiger partial charge < -0.3 is 0 Å². The van der Waals surface area contributed by atoms with E-state index in [0.29, 0.717) is 0 Å². The summed E-state index contributed by atoms with van der Waals surface area (Å²) in [5, 5.41) is 0. The van der Waals surface area contributed by atoms with Crippen molar-refractivity contribution < 1.29 is 0 Å². The molecule has 0 unspecified atom stereocenters. The van der Waals surface area contributed by atoms with Crippen LogP contribution >= 0.6 is 11.6 Å². The van der Waals surface area contributed by atoms with E-state index in [-0.39, 0.29) is 15.8 Å². The molecule has 0 amide bonds. The van der Waals surface area contributed by atoms with Gasteiger partial charge in [-0.3, -0.25) is 0 Å². The Morgan fingerprint density at radius 3 is 1.89 bits per heavy atom. The van der Waals surface area contributed by atoms with Crippen LogP contribution in [0, 0.1) is 0 Å². The monoisotopic (exact) mass is 166 g/mol. The van der Waals surface area contributed by atoms with Crippen molar-refractivity contribution in [3.05, 3.63) is 0 Å². The fourth-order valence-corrected chi connectivity index (χ4v) is 0.731. The van der Waals surface area contributed by atoms with E-state index in [1.807, 2.05) is 0 Å². The molecule has 0 N–H and O–H groups in total. The lowest BCUT2D eigenvalue weighted by Gasteiger charge is -2.13. The van der Waals surface area contributed by atoms with Crippen LogP contribution in [0.3, 0.4) is 0 Å². The predicted octanol–water partition coefficient (Wildman–Crippen LogP) is 1.74. The Balaban J connectivity index is 0. The highest BCUT2D eigenvalue weighted by molar-refractivity contribution is 6.23. The summed E-state index contributed by atoms with van der Waals surface area (Å²) in [6, 6.07) is 0. The Hall–Kier alpha value is 0.507. The summed E-state index contributed by atoms with van der Waals surface area (Å²) in [5.74, 6) is 0. The maximum atomic E-state index is 5.91. The number of halogens is 1. The van der Waals surface area contributed by atoms with Crippen LogP contribution in [0.2, 0.25) is 0 Å². The van der Waals surface area contributed by atoms with Crippen molar-refractivity contribution >= 4 is 22.6 Å². The number of hydrogen-bond acceptors (Lipinski definition) is 0. The molecule has 0 saturated heterocycles. The molecule has 0 aliphatic heterocycles. The minimum atomic E-state index is 0. The number of alkyl halides is 1. The molecule has 58 valence electrons. The first-order valence-electron chi connectivity index (χ1n) is 3.25. The van der Waals surface area contributed by atoms with Crippen LogP contribution < -0.4 is 0 Å². The van der Waals surface area contributed by atoms with E-state index in [0.717, 1.165) is 6.42 Å². The Bertz CT molecular complexity index is 56.4. The van der Waals surface area contributed by atoms with E-state index in [4.69, 9.17) is 11.6 Å². The first-order chi connectivity index (χ1) is 3.56. The maximum Gasteiger partial charge on any atom is 0.0390 e. The van der Waals surface area contributed by atoms with Gasteiger partial charge in [-0.25, -0.2) is 0 Å². The molecule has 2 heteroatoms. The fourth-order valence-electron chi connectivity index (χ4n) is 0.597. The minimum absolute atomic E-state index is 0. The summed E-state index contributed by atoms with van der Waals surface area (Å²) in [5.41, 5.74) is 0. The normalized spacial score (nSPS) is 10.7. The molecule has 0 aromatic heterocycles. The summed E-state index contributed by atoms with van der Waals surface area (Å²) < 4.78 is 0. The summed E-state index contributed by atoms with van der Waals surface area (Å²) in [6.45, 7) is 6.30. The molecule has 0 aliphatic carbocycles. The Morgan fingerprint density at radius 1 is 1.33 bits per heavy atom. The van der Waals surface area contributed by atoms with Gasteiger partial charge in [0.15, 0.2) is 0 Å². The summed E-state index contributed by atoms with van der Waals surface area (Å²) >= 11 is 5.91. The van der Waals surface area contributed by atoms with Gasteiger partial charge in [0.25, 0.3) is 0 Å². The van der Waals surface area contributed by atoms with Gasteiger partial charge in [0, 0.05) is 4.87 Å². The molecule has 0 bridgehead atoms. The smallest absolute Gasteiger partial charge is 0.0390 e. The second-order valence-electron chi connectivity index (χ2n) is 2.82. The first-order valence-corrected chi connectivity index (χ1v) is 3.63. The second-order valence-corrected chi connectivity index (χ2v) is 3.85. The lowest BCUT2D eigenvalue weighted by Crippen LogP contribution is -2.08. The highest BCUT2D eigenvalue weighted by Crippen LogP contribution is 2.19. The molecule has 0 spiro atoms. The second kappa shape index (κ2) is 5.30. The molecular formula is C7H19ClSi. The van der Waals surface area contributed by atoms with Crippen LogP contribution in [0.25, 0.3) is 0 Å². The molecule has 0 radical (unpaired) electrons. The summed E-state index contributed by atoms with van der Waals surface area (Å²) in [7, 11) is 0. The Labute approximate surface area is 68.0 Å². The lowest BCUT2D eigenvalue weighted by atomic mass is 10.1. The van der Waals surface area contributed by atoms with Gasteiger partial charge in [0.05, 0.1) is 0 Å². The summed E-state index contributed by atoms with van der Waals surface area (Å²) in [4.78, 5) is 0.0238. The molecule has 0 rings (SSSR count).